The van der Waals surface area contributed by atoms with Crippen LogP contribution >= 0.6 is 34.4 Å². The molecule has 2 heterocycles. The quantitative estimate of drug-likeness (QED) is 0.378. The third-order valence-electron chi connectivity index (χ3n) is 4.13. The number of anilines is 2. The number of amides is 1. The van der Waals surface area contributed by atoms with E-state index in [-0.39, 0.29) is 12.3 Å². The van der Waals surface area contributed by atoms with Crippen LogP contribution in [0.5, 0.6) is 11.5 Å². The number of benzene rings is 1. The Morgan fingerprint density at radius 2 is 1.61 bits per heavy atom. The summed E-state index contributed by atoms with van der Waals surface area (Å²) in [5.41, 5.74) is 0.827. The molecule has 166 valence electrons. The Labute approximate surface area is 193 Å². The van der Waals surface area contributed by atoms with Gasteiger partial charge in [-0.15, -0.1) is 20.4 Å². The normalized spacial score (nSPS) is 10.7. The first-order chi connectivity index (χ1) is 15.1. The standard InChI is InChI=1S/C19H24N6O3S3/c1-20-18-24-22-16(30-18)6-8-29-9-7-17-23-25-19(31-17)21-15(26)11-12-4-5-13(27-2)14(10-12)28-3/h4-5,10H,6-9,11H2,1-3H3,(H,20,24)(H,21,25,26). The molecule has 31 heavy (non-hydrogen) atoms. The van der Waals surface area contributed by atoms with Crippen molar-refractivity contribution in [2.24, 2.45) is 0 Å². The van der Waals surface area contributed by atoms with Gasteiger partial charge in [-0.3, -0.25) is 4.79 Å². The summed E-state index contributed by atoms with van der Waals surface area (Å²) < 4.78 is 10.5. The first-order valence-electron chi connectivity index (χ1n) is 9.52. The molecule has 0 aliphatic rings. The molecule has 0 radical (unpaired) electrons. The Morgan fingerprint density at radius 1 is 0.968 bits per heavy atom. The Bertz CT molecular complexity index is 994. The molecule has 0 aliphatic carbocycles. The van der Waals surface area contributed by atoms with Crippen LogP contribution in [-0.4, -0.2) is 59.1 Å². The summed E-state index contributed by atoms with van der Waals surface area (Å²) in [6.45, 7) is 0. The molecule has 3 rings (SSSR count). The second-order valence-electron chi connectivity index (χ2n) is 6.28. The van der Waals surface area contributed by atoms with Crippen molar-refractivity contribution in [3.8, 4) is 11.5 Å². The van der Waals surface area contributed by atoms with Gasteiger partial charge in [-0.25, -0.2) is 0 Å². The second kappa shape index (κ2) is 11.8. The van der Waals surface area contributed by atoms with Gasteiger partial charge in [-0.2, -0.15) is 11.8 Å². The molecule has 0 aliphatic heterocycles. The molecule has 0 spiro atoms. The number of thioether (sulfide) groups is 1. The van der Waals surface area contributed by atoms with Crippen molar-refractivity contribution >= 4 is 50.6 Å². The van der Waals surface area contributed by atoms with Gasteiger partial charge in [0.2, 0.25) is 16.2 Å². The molecule has 1 aromatic carbocycles. The van der Waals surface area contributed by atoms with Gasteiger partial charge in [0.1, 0.15) is 10.0 Å². The maximum atomic E-state index is 12.3. The number of rotatable bonds is 12. The predicted octanol–water partition coefficient (Wildman–Crippen LogP) is 3.15. The highest BCUT2D eigenvalue weighted by Gasteiger charge is 2.11. The third-order valence-corrected chi connectivity index (χ3v) is 7.01. The van der Waals surface area contributed by atoms with Gasteiger partial charge in [0.05, 0.1) is 20.6 Å². The Kier molecular flexibility index (Phi) is 8.85. The van der Waals surface area contributed by atoms with E-state index in [0.717, 1.165) is 45.1 Å². The minimum Gasteiger partial charge on any atom is -0.493 e. The largest absolute Gasteiger partial charge is 0.493 e. The fraction of sp³-hybridized carbons (Fsp3) is 0.421. The summed E-state index contributed by atoms with van der Waals surface area (Å²) in [4.78, 5) is 12.3. The number of ether oxygens (including phenoxy) is 2. The van der Waals surface area contributed by atoms with Gasteiger partial charge in [-0.1, -0.05) is 28.7 Å². The van der Waals surface area contributed by atoms with E-state index < -0.39 is 0 Å². The van der Waals surface area contributed by atoms with Gasteiger partial charge >= 0.3 is 0 Å². The SMILES string of the molecule is CNc1nnc(CCSCCc2nnc(NC(=O)Cc3ccc(OC)c(OC)c3)s2)s1. The fourth-order valence-corrected chi connectivity index (χ4v) is 5.21. The molecule has 0 bridgehead atoms. The van der Waals surface area contributed by atoms with E-state index >= 15 is 0 Å². The molecule has 2 N–H and O–H groups in total. The molecule has 0 unspecified atom stereocenters. The summed E-state index contributed by atoms with van der Waals surface area (Å²) in [7, 11) is 4.99. The smallest absolute Gasteiger partial charge is 0.230 e. The second-order valence-corrected chi connectivity index (χ2v) is 9.63. The summed E-state index contributed by atoms with van der Waals surface area (Å²) in [6, 6.07) is 5.42. The monoisotopic (exact) mass is 480 g/mol. The van der Waals surface area contributed by atoms with Gasteiger partial charge in [0, 0.05) is 19.9 Å². The molecule has 12 heteroatoms. The van der Waals surface area contributed by atoms with E-state index in [1.807, 2.05) is 24.9 Å². The zero-order valence-electron chi connectivity index (χ0n) is 17.5. The van der Waals surface area contributed by atoms with E-state index in [9.17, 15) is 4.79 Å². The van der Waals surface area contributed by atoms with E-state index in [1.54, 1.807) is 37.7 Å². The highest BCUT2D eigenvalue weighted by molar-refractivity contribution is 7.99. The highest BCUT2D eigenvalue weighted by Crippen LogP contribution is 2.28. The van der Waals surface area contributed by atoms with E-state index in [2.05, 4.69) is 31.0 Å². The van der Waals surface area contributed by atoms with Crippen molar-refractivity contribution in [3.63, 3.8) is 0 Å². The average molecular weight is 481 g/mol. The Balaban J connectivity index is 1.39. The maximum absolute atomic E-state index is 12.3. The molecular formula is C19H24N6O3S3. The fourth-order valence-electron chi connectivity index (χ4n) is 2.62. The van der Waals surface area contributed by atoms with Crippen LogP contribution in [0.15, 0.2) is 18.2 Å². The molecule has 1 amide bonds. The van der Waals surface area contributed by atoms with E-state index in [0.29, 0.717) is 16.6 Å². The number of hydrogen-bond donors (Lipinski definition) is 2. The van der Waals surface area contributed by atoms with Crippen LogP contribution < -0.4 is 20.1 Å². The van der Waals surface area contributed by atoms with Crippen molar-refractivity contribution < 1.29 is 14.3 Å². The highest BCUT2D eigenvalue weighted by atomic mass is 32.2. The lowest BCUT2D eigenvalue weighted by Gasteiger charge is -2.09. The van der Waals surface area contributed by atoms with Crippen molar-refractivity contribution in [1.29, 1.82) is 0 Å². The molecule has 3 aromatic rings. The van der Waals surface area contributed by atoms with Crippen LogP contribution in [0.1, 0.15) is 15.6 Å². The van der Waals surface area contributed by atoms with Crippen molar-refractivity contribution in [2.75, 3.05) is 43.4 Å². The molecule has 0 saturated heterocycles. The van der Waals surface area contributed by atoms with Crippen LogP contribution in [0.2, 0.25) is 0 Å². The summed E-state index contributed by atoms with van der Waals surface area (Å²) in [6.07, 6.45) is 1.93. The molecule has 2 aromatic heterocycles. The zero-order chi connectivity index (χ0) is 22.1. The molecule has 9 nitrogen and oxygen atoms in total. The van der Waals surface area contributed by atoms with E-state index in [4.69, 9.17) is 9.47 Å². The van der Waals surface area contributed by atoms with Gasteiger partial charge in [0.25, 0.3) is 0 Å². The van der Waals surface area contributed by atoms with Crippen LogP contribution in [0.3, 0.4) is 0 Å². The number of nitrogens with one attached hydrogen (secondary N) is 2. The average Bonchev–Trinajstić information content (AvgIpc) is 3.42. The molecule has 0 atom stereocenters. The molecule has 0 saturated carbocycles. The Morgan fingerprint density at radius 3 is 2.23 bits per heavy atom. The Hall–Kier alpha value is -2.44. The van der Waals surface area contributed by atoms with Crippen LogP contribution in [0, 0.1) is 0 Å². The molecular weight excluding hydrogens is 456 g/mol. The van der Waals surface area contributed by atoms with Crippen LogP contribution in [-0.2, 0) is 24.1 Å². The lowest BCUT2D eigenvalue weighted by molar-refractivity contribution is -0.115. The maximum Gasteiger partial charge on any atom is 0.230 e. The van der Waals surface area contributed by atoms with Crippen LogP contribution in [0.4, 0.5) is 10.3 Å². The number of carbonyl (C=O) groups is 1. The topological polar surface area (TPSA) is 111 Å². The van der Waals surface area contributed by atoms with Gasteiger partial charge < -0.3 is 20.1 Å². The van der Waals surface area contributed by atoms with Crippen molar-refractivity contribution in [3.05, 3.63) is 33.8 Å². The number of nitrogens with zero attached hydrogens (tertiary/aromatic N) is 4. The van der Waals surface area contributed by atoms with Gasteiger partial charge in [0.15, 0.2) is 11.5 Å². The minimum atomic E-state index is -0.151. The number of aromatic nitrogens is 4. The number of carbonyl (C=O) groups excluding carboxylic acids is 1. The van der Waals surface area contributed by atoms with Crippen molar-refractivity contribution in [1.82, 2.24) is 20.4 Å². The first-order valence-corrected chi connectivity index (χ1v) is 12.3. The summed E-state index contributed by atoms with van der Waals surface area (Å²) >= 11 is 4.82. The lowest BCUT2D eigenvalue weighted by Crippen LogP contribution is -2.14. The van der Waals surface area contributed by atoms with Crippen LogP contribution in [0.25, 0.3) is 0 Å². The summed E-state index contributed by atoms with van der Waals surface area (Å²) in [5, 5.41) is 25.5. The number of aryl methyl sites for hydroxylation is 2. The zero-order valence-corrected chi connectivity index (χ0v) is 20.0. The third kappa shape index (κ3) is 7.04. The predicted molar refractivity (Wildman–Crippen MR) is 126 cm³/mol. The molecule has 0 fully saturated rings. The first kappa shape index (κ1) is 23.2. The van der Waals surface area contributed by atoms with Crippen molar-refractivity contribution in [2.45, 2.75) is 19.3 Å². The van der Waals surface area contributed by atoms with E-state index in [1.165, 1.54) is 11.3 Å². The lowest BCUT2D eigenvalue weighted by atomic mass is 10.1. The van der Waals surface area contributed by atoms with Gasteiger partial charge in [-0.05, 0) is 29.2 Å². The number of methoxy groups -OCH3 is 2. The minimum absolute atomic E-state index is 0.151. The summed E-state index contributed by atoms with van der Waals surface area (Å²) in [5.74, 6) is 2.99. The number of hydrogen-bond acceptors (Lipinski definition) is 11.